The van der Waals surface area contributed by atoms with Crippen molar-refractivity contribution in [3.8, 4) is 0 Å². The molecule has 2 bridgehead atoms. The number of carbonyl (C=O) groups excluding carboxylic acids is 1. The molecule has 1 aromatic heterocycles. The van der Waals surface area contributed by atoms with Crippen LogP contribution in [0.25, 0.3) is 0 Å². The Morgan fingerprint density at radius 1 is 1.36 bits per heavy atom. The lowest BCUT2D eigenvalue weighted by atomic mass is 9.65. The van der Waals surface area contributed by atoms with Gasteiger partial charge in [-0.1, -0.05) is 39.5 Å². The molecule has 1 aromatic rings. The first kappa shape index (κ1) is 18.5. The molecule has 0 aromatic carbocycles. The number of fused-ring (bicyclic) bond motifs is 2. The summed E-state index contributed by atoms with van der Waals surface area (Å²) in [5.74, 6) is 0.521. The summed E-state index contributed by atoms with van der Waals surface area (Å²) in [6, 6.07) is 1.93. The third-order valence-electron chi connectivity index (χ3n) is 5.57. The molecule has 5 nitrogen and oxygen atoms in total. The molecule has 3 rings (SSSR count). The van der Waals surface area contributed by atoms with Crippen LogP contribution in [-0.2, 0) is 18.3 Å². The molecule has 2 aliphatic rings. The first-order valence-electron chi connectivity index (χ1n) is 9.12. The molecule has 25 heavy (non-hydrogen) atoms. The predicted molar refractivity (Wildman–Crippen MR) is 101 cm³/mol. The second kappa shape index (κ2) is 6.45. The second-order valence-electron chi connectivity index (χ2n) is 8.80. The Labute approximate surface area is 154 Å². The van der Waals surface area contributed by atoms with Crippen molar-refractivity contribution in [3.63, 3.8) is 0 Å². The zero-order valence-electron chi connectivity index (χ0n) is 16.0. The minimum atomic E-state index is -0.0620. The maximum atomic E-state index is 12.9. The van der Waals surface area contributed by atoms with Crippen LogP contribution in [0.1, 0.15) is 52.7 Å². The number of carbonyl (C=O) groups is 1. The SMILES string of the molecule is CCc1cc(=O)n(C)c(SCC(=O)N2CC3(C)CC2CC(C)(C)C3)n1. The van der Waals surface area contributed by atoms with E-state index in [2.05, 4.69) is 30.7 Å². The van der Waals surface area contributed by atoms with Gasteiger partial charge in [0.25, 0.3) is 5.56 Å². The summed E-state index contributed by atoms with van der Waals surface area (Å²) in [6.07, 6.45) is 4.11. The fourth-order valence-corrected chi connectivity index (χ4v) is 5.72. The second-order valence-corrected chi connectivity index (χ2v) is 9.75. The third kappa shape index (κ3) is 3.78. The maximum absolute atomic E-state index is 12.9. The molecule has 138 valence electrons. The summed E-state index contributed by atoms with van der Waals surface area (Å²) in [4.78, 5) is 31.4. The Balaban J connectivity index is 1.70. The van der Waals surface area contributed by atoms with E-state index in [0.717, 1.165) is 31.5 Å². The van der Waals surface area contributed by atoms with Crippen LogP contribution in [0.15, 0.2) is 16.0 Å². The summed E-state index contributed by atoms with van der Waals surface area (Å²) in [6.45, 7) is 9.79. The molecular weight excluding hydrogens is 334 g/mol. The van der Waals surface area contributed by atoms with Gasteiger partial charge in [0.15, 0.2) is 5.16 Å². The maximum Gasteiger partial charge on any atom is 0.254 e. The van der Waals surface area contributed by atoms with Gasteiger partial charge in [0.1, 0.15) is 0 Å². The van der Waals surface area contributed by atoms with Crippen molar-refractivity contribution < 1.29 is 4.79 Å². The fourth-order valence-electron chi connectivity index (χ4n) is 4.83. The van der Waals surface area contributed by atoms with Crippen molar-refractivity contribution in [2.24, 2.45) is 17.9 Å². The van der Waals surface area contributed by atoms with Gasteiger partial charge in [-0.3, -0.25) is 14.2 Å². The Bertz CT molecular complexity index is 743. The van der Waals surface area contributed by atoms with Crippen LogP contribution in [0.5, 0.6) is 0 Å². The molecule has 2 atom stereocenters. The first-order valence-corrected chi connectivity index (χ1v) is 10.1. The predicted octanol–water partition coefficient (Wildman–Crippen LogP) is 2.86. The van der Waals surface area contributed by atoms with Crippen molar-refractivity contribution >= 4 is 17.7 Å². The van der Waals surface area contributed by atoms with E-state index in [1.165, 1.54) is 22.7 Å². The summed E-state index contributed by atoms with van der Waals surface area (Å²) in [5.41, 5.74) is 1.28. The topological polar surface area (TPSA) is 55.2 Å². The number of hydrogen-bond acceptors (Lipinski definition) is 4. The molecular formula is C19H29N3O2S. The molecule has 1 saturated heterocycles. The summed E-state index contributed by atoms with van der Waals surface area (Å²) >= 11 is 1.38. The van der Waals surface area contributed by atoms with Crippen LogP contribution in [-0.4, -0.2) is 38.7 Å². The molecule has 2 unspecified atom stereocenters. The van der Waals surface area contributed by atoms with Crippen LogP contribution in [0, 0.1) is 10.8 Å². The van der Waals surface area contributed by atoms with Gasteiger partial charge in [-0.15, -0.1) is 0 Å². The number of rotatable bonds is 4. The average Bonchev–Trinajstić information content (AvgIpc) is 2.77. The monoisotopic (exact) mass is 363 g/mol. The molecule has 1 aliphatic heterocycles. The minimum Gasteiger partial charge on any atom is -0.338 e. The number of hydrogen-bond donors (Lipinski definition) is 0. The van der Waals surface area contributed by atoms with E-state index in [9.17, 15) is 9.59 Å². The lowest BCUT2D eigenvalue weighted by Crippen LogP contribution is -2.38. The fraction of sp³-hybridized carbons (Fsp3) is 0.737. The van der Waals surface area contributed by atoms with E-state index >= 15 is 0 Å². The molecule has 0 radical (unpaired) electrons. The van der Waals surface area contributed by atoms with Gasteiger partial charge in [-0.2, -0.15) is 0 Å². The normalized spacial score (nSPS) is 27.6. The largest absolute Gasteiger partial charge is 0.338 e. The highest BCUT2D eigenvalue weighted by molar-refractivity contribution is 7.99. The van der Waals surface area contributed by atoms with Gasteiger partial charge in [-0.25, -0.2) is 4.98 Å². The molecule has 0 spiro atoms. The van der Waals surface area contributed by atoms with Crippen LogP contribution in [0.3, 0.4) is 0 Å². The Kier molecular flexibility index (Phi) is 4.77. The lowest BCUT2D eigenvalue weighted by molar-refractivity contribution is -0.129. The molecule has 1 amide bonds. The average molecular weight is 364 g/mol. The van der Waals surface area contributed by atoms with Crippen molar-refractivity contribution in [1.82, 2.24) is 14.5 Å². The standard InChI is InChI=1S/C19H29N3O2S/c1-6-13-7-15(23)21(5)17(20-13)25-10-16(24)22-12-19(4)9-14(22)8-18(2,3)11-19/h7,14H,6,8-12H2,1-5H3. The van der Waals surface area contributed by atoms with E-state index in [0.29, 0.717) is 22.4 Å². The van der Waals surface area contributed by atoms with Gasteiger partial charge in [-0.05, 0) is 36.5 Å². The molecule has 1 aliphatic carbocycles. The zero-order valence-corrected chi connectivity index (χ0v) is 16.8. The number of amides is 1. The smallest absolute Gasteiger partial charge is 0.254 e. The lowest BCUT2D eigenvalue weighted by Gasteiger charge is -2.39. The quantitative estimate of drug-likeness (QED) is 0.610. The van der Waals surface area contributed by atoms with Crippen molar-refractivity contribution in [3.05, 3.63) is 22.1 Å². The van der Waals surface area contributed by atoms with Crippen molar-refractivity contribution in [2.45, 2.75) is 64.6 Å². The van der Waals surface area contributed by atoms with Crippen molar-refractivity contribution in [2.75, 3.05) is 12.3 Å². The van der Waals surface area contributed by atoms with E-state index in [4.69, 9.17) is 0 Å². The molecule has 2 heterocycles. The van der Waals surface area contributed by atoms with Gasteiger partial charge >= 0.3 is 0 Å². The number of likely N-dealkylation sites (tertiary alicyclic amines) is 1. The Morgan fingerprint density at radius 2 is 2.08 bits per heavy atom. The molecule has 0 N–H and O–H groups in total. The highest BCUT2D eigenvalue weighted by Gasteiger charge is 2.50. The number of aryl methyl sites for hydroxylation is 1. The van der Waals surface area contributed by atoms with Crippen LogP contribution >= 0.6 is 11.8 Å². The van der Waals surface area contributed by atoms with Crippen molar-refractivity contribution in [1.29, 1.82) is 0 Å². The summed E-state index contributed by atoms with van der Waals surface area (Å²) in [7, 11) is 1.72. The Hall–Kier alpha value is -1.30. The number of thioether (sulfide) groups is 1. The Morgan fingerprint density at radius 3 is 2.76 bits per heavy atom. The highest BCUT2D eigenvalue weighted by atomic mass is 32.2. The van der Waals surface area contributed by atoms with E-state index in [1.807, 2.05) is 6.92 Å². The summed E-state index contributed by atoms with van der Waals surface area (Å²) in [5, 5.41) is 0.631. The number of nitrogens with zero attached hydrogens (tertiary/aromatic N) is 3. The summed E-state index contributed by atoms with van der Waals surface area (Å²) < 4.78 is 1.53. The van der Waals surface area contributed by atoms with E-state index < -0.39 is 0 Å². The van der Waals surface area contributed by atoms with Crippen LogP contribution < -0.4 is 5.56 Å². The molecule has 1 saturated carbocycles. The van der Waals surface area contributed by atoms with Crippen LogP contribution in [0.4, 0.5) is 0 Å². The van der Waals surface area contributed by atoms with Gasteiger partial charge < -0.3 is 4.90 Å². The van der Waals surface area contributed by atoms with Crippen LogP contribution in [0.2, 0.25) is 0 Å². The van der Waals surface area contributed by atoms with Gasteiger partial charge in [0, 0.05) is 31.4 Å². The number of aromatic nitrogens is 2. The van der Waals surface area contributed by atoms with Gasteiger partial charge in [0.05, 0.1) is 5.75 Å². The molecule has 2 fully saturated rings. The highest BCUT2D eigenvalue weighted by Crippen LogP contribution is 2.52. The first-order chi connectivity index (χ1) is 11.6. The molecule has 6 heteroatoms. The van der Waals surface area contributed by atoms with E-state index in [-0.39, 0.29) is 16.9 Å². The third-order valence-corrected chi connectivity index (χ3v) is 6.58. The van der Waals surface area contributed by atoms with Gasteiger partial charge in [0.2, 0.25) is 5.91 Å². The van der Waals surface area contributed by atoms with E-state index in [1.54, 1.807) is 13.1 Å². The zero-order chi connectivity index (χ0) is 18.4. The minimum absolute atomic E-state index is 0.0620.